The van der Waals surface area contributed by atoms with Crippen LogP contribution in [-0.2, 0) is 4.79 Å². The van der Waals surface area contributed by atoms with Crippen molar-refractivity contribution in [2.45, 2.75) is 6.36 Å². The van der Waals surface area contributed by atoms with E-state index in [0.29, 0.717) is 0 Å². The zero-order valence-electron chi connectivity index (χ0n) is 7.01. The number of carboxylic acid groups (broad SMARTS) is 1. The lowest BCUT2D eigenvalue weighted by Gasteiger charge is -2.08. The van der Waals surface area contributed by atoms with E-state index in [9.17, 15) is 18.0 Å². The minimum atomic E-state index is -2.74. The molecule has 0 aliphatic heterocycles. The van der Waals surface area contributed by atoms with Gasteiger partial charge < -0.3 is 9.84 Å². The zero-order chi connectivity index (χ0) is 11.6. The van der Waals surface area contributed by atoms with Crippen LogP contribution in [0.5, 0.6) is 5.75 Å². The Morgan fingerprint density at radius 1 is 1.47 bits per heavy atom. The largest absolute Gasteiger partial charge is 0.476 e. The molecule has 0 bridgehead atoms. The fourth-order valence-corrected chi connectivity index (χ4v) is 1.19. The van der Waals surface area contributed by atoms with Crippen molar-refractivity contribution >= 4 is 21.9 Å². The Bertz CT molecular complexity index is 397. The SMILES string of the molecule is O=C(O)C(F)Oc1cc(Br)cc(F)c1F. The van der Waals surface area contributed by atoms with E-state index in [1.165, 1.54) is 0 Å². The number of benzene rings is 1. The monoisotopic (exact) mass is 284 g/mol. The minimum absolute atomic E-state index is 0.106. The predicted octanol–water partition coefficient (Wildman–Crippen LogP) is 2.49. The molecular weight excluding hydrogens is 281 g/mol. The standard InChI is InChI=1S/C8H4BrF3O3/c9-3-1-4(10)6(11)5(2-3)15-7(12)8(13)14/h1-2,7H,(H,13,14). The van der Waals surface area contributed by atoms with Gasteiger partial charge in [-0.05, 0) is 12.1 Å². The third-order valence-corrected chi connectivity index (χ3v) is 1.84. The van der Waals surface area contributed by atoms with Gasteiger partial charge in [0.2, 0.25) is 5.82 Å². The van der Waals surface area contributed by atoms with Crippen molar-refractivity contribution in [3.05, 3.63) is 28.2 Å². The van der Waals surface area contributed by atoms with Crippen molar-refractivity contribution in [1.29, 1.82) is 0 Å². The van der Waals surface area contributed by atoms with Crippen LogP contribution in [0.15, 0.2) is 16.6 Å². The Balaban J connectivity index is 2.99. The number of ether oxygens (including phenoxy) is 1. The van der Waals surface area contributed by atoms with Gasteiger partial charge in [0.1, 0.15) is 0 Å². The molecule has 1 aromatic rings. The average molecular weight is 285 g/mol. The first-order valence-corrected chi connectivity index (χ1v) is 4.39. The summed E-state index contributed by atoms with van der Waals surface area (Å²) in [6.07, 6.45) is -2.74. The molecule has 0 saturated heterocycles. The maximum atomic E-state index is 12.9. The van der Waals surface area contributed by atoms with Gasteiger partial charge in [-0.3, -0.25) is 0 Å². The molecule has 0 aliphatic rings. The summed E-state index contributed by atoms with van der Waals surface area (Å²) < 4.78 is 42.4. The van der Waals surface area contributed by atoms with E-state index in [1.807, 2.05) is 0 Å². The van der Waals surface area contributed by atoms with Crippen molar-refractivity contribution in [2.24, 2.45) is 0 Å². The average Bonchev–Trinajstić information content (AvgIpc) is 2.13. The van der Waals surface area contributed by atoms with Crippen LogP contribution in [0, 0.1) is 11.6 Å². The van der Waals surface area contributed by atoms with Crippen molar-refractivity contribution in [3.8, 4) is 5.75 Å². The number of alkyl halides is 1. The van der Waals surface area contributed by atoms with Crippen LogP contribution in [0.1, 0.15) is 0 Å². The number of halogens is 4. The summed E-state index contributed by atoms with van der Waals surface area (Å²) in [5.41, 5.74) is 0. The normalized spacial score (nSPS) is 12.3. The second kappa shape index (κ2) is 4.52. The maximum absolute atomic E-state index is 12.9. The van der Waals surface area contributed by atoms with E-state index in [4.69, 9.17) is 5.11 Å². The van der Waals surface area contributed by atoms with Crippen molar-refractivity contribution in [2.75, 3.05) is 0 Å². The van der Waals surface area contributed by atoms with Gasteiger partial charge >= 0.3 is 12.3 Å². The Morgan fingerprint density at radius 3 is 2.60 bits per heavy atom. The van der Waals surface area contributed by atoms with Crippen LogP contribution >= 0.6 is 15.9 Å². The Labute approximate surface area is 90.6 Å². The highest BCUT2D eigenvalue weighted by atomic mass is 79.9. The fraction of sp³-hybridized carbons (Fsp3) is 0.125. The van der Waals surface area contributed by atoms with Crippen LogP contribution < -0.4 is 4.74 Å². The molecule has 1 N–H and O–H groups in total. The maximum Gasteiger partial charge on any atom is 0.378 e. The van der Waals surface area contributed by atoms with Gasteiger partial charge in [0.15, 0.2) is 11.6 Å². The Kier molecular flexibility index (Phi) is 3.57. The topological polar surface area (TPSA) is 46.5 Å². The quantitative estimate of drug-likeness (QED) is 0.868. The molecule has 0 saturated carbocycles. The molecule has 0 fully saturated rings. The van der Waals surface area contributed by atoms with E-state index >= 15 is 0 Å². The molecule has 0 spiro atoms. The van der Waals surface area contributed by atoms with E-state index < -0.39 is 29.7 Å². The lowest BCUT2D eigenvalue weighted by Crippen LogP contribution is -2.22. The Hall–Kier alpha value is -1.24. The third-order valence-electron chi connectivity index (χ3n) is 1.38. The minimum Gasteiger partial charge on any atom is -0.476 e. The molecular formula is C8H4BrF3O3. The fourth-order valence-electron chi connectivity index (χ4n) is 0.780. The molecule has 1 rings (SSSR count). The van der Waals surface area contributed by atoms with E-state index in [-0.39, 0.29) is 4.47 Å². The van der Waals surface area contributed by atoms with E-state index in [1.54, 1.807) is 0 Å². The number of aliphatic carboxylic acids is 1. The summed E-state index contributed by atoms with van der Waals surface area (Å²) in [6.45, 7) is 0. The van der Waals surface area contributed by atoms with Crippen LogP contribution in [0.4, 0.5) is 13.2 Å². The molecule has 82 valence electrons. The van der Waals surface area contributed by atoms with Crippen LogP contribution in [0.3, 0.4) is 0 Å². The smallest absolute Gasteiger partial charge is 0.378 e. The van der Waals surface area contributed by atoms with Gasteiger partial charge in [-0.1, -0.05) is 15.9 Å². The van der Waals surface area contributed by atoms with Gasteiger partial charge in [-0.2, -0.15) is 8.78 Å². The number of hydrogen-bond donors (Lipinski definition) is 1. The predicted molar refractivity (Wildman–Crippen MR) is 47.2 cm³/mol. The molecule has 15 heavy (non-hydrogen) atoms. The second-order valence-electron chi connectivity index (χ2n) is 2.47. The first-order chi connectivity index (χ1) is 6.91. The molecule has 0 amide bonds. The first kappa shape index (κ1) is 11.8. The highest BCUT2D eigenvalue weighted by Gasteiger charge is 2.21. The van der Waals surface area contributed by atoms with Crippen LogP contribution in [0.2, 0.25) is 0 Å². The summed E-state index contributed by atoms with van der Waals surface area (Å²) in [5.74, 6) is -5.44. The third kappa shape index (κ3) is 2.85. The lowest BCUT2D eigenvalue weighted by atomic mass is 10.3. The first-order valence-electron chi connectivity index (χ1n) is 3.60. The van der Waals surface area contributed by atoms with E-state index in [2.05, 4.69) is 20.7 Å². The number of hydrogen-bond acceptors (Lipinski definition) is 2. The number of carbonyl (C=O) groups is 1. The molecule has 3 nitrogen and oxygen atoms in total. The molecule has 0 heterocycles. The van der Waals surface area contributed by atoms with Crippen LogP contribution in [-0.4, -0.2) is 17.4 Å². The molecule has 1 unspecified atom stereocenters. The van der Waals surface area contributed by atoms with Crippen molar-refractivity contribution < 1.29 is 27.8 Å². The molecule has 7 heteroatoms. The molecule has 0 radical (unpaired) electrons. The van der Waals surface area contributed by atoms with Gasteiger partial charge in [0.05, 0.1) is 0 Å². The molecule has 0 aromatic heterocycles. The molecule has 1 aromatic carbocycles. The Morgan fingerprint density at radius 2 is 2.07 bits per heavy atom. The van der Waals surface area contributed by atoms with E-state index in [0.717, 1.165) is 12.1 Å². The number of rotatable bonds is 3. The summed E-state index contributed by atoms with van der Waals surface area (Å²) in [6, 6.07) is 1.73. The highest BCUT2D eigenvalue weighted by molar-refractivity contribution is 9.10. The zero-order valence-corrected chi connectivity index (χ0v) is 8.59. The summed E-state index contributed by atoms with van der Waals surface area (Å²) in [4.78, 5) is 10.1. The molecule has 0 aliphatic carbocycles. The lowest BCUT2D eigenvalue weighted by molar-refractivity contribution is -0.153. The second-order valence-corrected chi connectivity index (χ2v) is 3.39. The van der Waals surface area contributed by atoms with Crippen molar-refractivity contribution in [3.63, 3.8) is 0 Å². The van der Waals surface area contributed by atoms with Gasteiger partial charge in [0, 0.05) is 4.47 Å². The summed E-state index contributed by atoms with van der Waals surface area (Å²) >= 11 is 2.82. The van der Waals surface area contributed by atoms with Gasteiger partial charge in [0.25, 0.3) is 0 Å². The molecule has 1 atom stereocenters. The van der Waals surface area contributed by atoms with Crippen molar-refractivity contribution in [1.82, 2.24) is 0 Å². The van der Waals surface area contributed by atoms with Crippen LogP contribution in [0.25, 0.3) is 0 Å². The summed E-state index contributed by atoms with van der Waals surface area (Å²) in [5, 5.41) is 8.14. The summed E-state index contributed by atoms with van der Waals surface area (Å²) in [7, 11) is 0. The van der Waals surface area contributed by atoms with Gasteiger partial charge in [-0.15, -0.1) is 0 Å². The highest BCUT2D eigenvalue weighted by Crippen LogP contribution is 2.26. The van der Waals surface area contributed by atoms with Gasteiger partial charge in [-0.25, -0.2) is 9.18 Å². The number of carboxylic acids is 1.